The molecule has 2 aromatic rings. The predicted octanol–water partition coefficient (Wildman–Crippen LogP) is 4.29. The van der Waals surface area contributed by atoms with Crippen LogP contribution in [0.5, 0.6) is 5.75 Å². The Kier molecular flexibility index (Phi) is 4.53. The van der Waals surface area contributed by atoms with Crippen molar-refractivity contribution in [3.8, 4) is 5.75 Å². The molecule has 2 N–H and O–H groups in total. The molecule has 0 unspecified atom stereocenters. The van der Waals surface area contributed by atoms with E-state index in [9.17, 15) is 18.1 Å². The fraction of sp³-hybridized carbons (Fsp3) is 0.250. The summed E-state index contributed by atoms with van der Waals surface area (Å²) >= 11 is 0. The molecule has 0 heterocycles. The van der Waals surface area contributed by atoms with Gasteiger partial charge >= 0.3 is 0 Å². The van der Waals surface area contributed by atoms with Crippen LogP contribution in [0.3, 0.4) is 0 Å². The second-order valence-corrected chi connectivity index (χ2v) is 6.90. The third kappa shape index (κ3) is 3.75. The van der Waals surface area contributed by atoms with Gasteiger partial charge in [-0.05, 0) is 68.1 Å². The van der Waals surface area contributed by atoms with E-state index in [2.05, 4.69) is 10.2 Å². The molecule has 23 heavy (non-hydrogen) atoms. The van der Waals surface area contributed by atoms with Crippen LogP contribution in [0.4, 0.5) is 11.4 Å². The van der Waals surface area contributed by atoms with E-state index in [-0.39, 0.29) is 10.6 Å². The number of rotatable bonds is 3. The summed E-state index contributed by atoms with van der Waals surface area (Å²) in [4.78, 5) is -0.184. The average Bonchev–Trinajstić information content (AvgIpc) is 2.38. The van der Waals surface area contributed by atoms with Crippen molar-refractivity contribution in [1.82, 2.24) is 0 Å². The van der Waals surface area contributed by atoms with Gasteiger partial charge in [0.15, 0.2) is 0 Å². The van der Waals surface area contributed by atoms with E-state index in [0.29, 0.717) is 16.9 Å². The number of aromatic hydroxyl groups is 1. The standard InChI is InChI=1S/C16H18N2O4S/c1-9-5-10(2)15(23(20,21)22)8-14(9)17-18-16-11(3)6-13(19)7-12(16)4/h5-8,19H,1-4H3,(H,20,21,22). The van der Waals surface area contributed by atoms with E-state index < -0.39 is 10.1 Å². The van der Waals surface area contributed by atoms with Gasteiger partial charge in [0.05, 0.1) is 16.3 Å². The van der Waals surface area contributed by atoms with Gasteiger partial charge < -0.3 is 5.11 Å². The van der Waals surface area contributed by atoms with Crippen LogP contribution in [0.1, 0.15) is 22.3 Å². The third-order valence-electron chi connectivity index (χ3n) is 3.50. The molecule has 7 heteroatoms. The van der Waals surface area contributed by atoms with Gasteiger partial charge in [0.1, 0.15) is 5.75 Å². The van der Waals surface area contributed by atoms with Gasteiger partial charge in [-0.25, -0.2) is 0 Å². The van der Waals surface area contributed by atoms with Gasteiger partial charge in [-0.2, -0.15) is 13.5 Å². The third-order valence-corrected chi connectivity index (χ3v) is 4.50. The van der Waals surface area contributed by atoms with Gasteiger partial charge in [0.25, 0.3) is 10.1 Å². The highest BCUT2D eigenvalue weighted by Gasteiger charge is 2.15. The first kappa shape index (κ1) is 17.1. The Balaban J connectivity index is 2.53. The summed E-state index contributed by atoms with van der Waals surface area (Å²) in [6.45, 7) is 6.98. The number of phenolic OH excluding ortho intramolecular Hbond substituents is 1. The van der Waals surface area contributed by atoms with Crippen molar-refractivity contribution in [3.63, 3.8) is 0 Å². The molecule has 0 fully saturated rings. The average molecular weight is 334 g/mol. The van der Waals surface area contributed by atoms with Crippen molar-refractivity contribution in [2.45, 2.75) is 32.6 Å². The summed E-state index contributed by atoms with van der Waals surface area (Å²) < 4.78 is 32.0. The van der Waals surface area contributed by atoms with Crippen LogP contribution >= 0.6 is 0 Å². The molecule has 122 valence electrons. The fourth-order valence-electron chi connectivity index (χ4n) is 2.40. The molecule has 0 atom stereocenters. The van der Waals surface area contributed by atoms with Crippen molar-refractivity contribution in [1.29, 1.82) is 0 Å². The second kappa shape index (κ2) is 6.10. The van der Waals surface area contributed by atoms with Crippen LogP contribution < -0.4 is 0 Å². The van der Waals surface area contributed by atoms with Crippen molar-refractivity contribution in [2.24, 2.45) is 10.2 Å². The Hall–Kier alpha value is -2.25. The van der Waals surface area contributed by atoms with Crippen LogP contribution in [0.2, 0.25) is 0 Å². The van der Waals surface area contributed by atoms with Crippen LogP contribution in [-0.2, 0) is 10.1 Å². The zero-order valence-corrected chi connectivity index (χ0v) is 14.1. The maximum absolute atomic E-state index is 11.4. The number of benzene rings is 2. The summed E-state index contributed by atoms with van der Waals surface area (Å²) in [5.74, 6) is 0.152. The summed E-state index contributed by atoms with van der Waals surface area (Å²) in [5.41, 5.74) is 3.66. The molecule has 0 saturated carbocycles. The molecular weight excluding hydrogens is 316 g/mol. The maximum atomic E-state index is 11.4. The molecule has 0 spiro atoms. The van der Waals surface area contributed by atoms with Gasteiger partial charge in [-0.1, -0.05) is 6.07 Å². The van der Waals surface area contributed by atoms with Crippen LogP contribution in [0, 0.1) is 27.7 Å². The summed E-state index contributed by atoms with van der Waals surface area (Å²) in [6, 6.07) is 6.09. The van der Waals surface area contributed by atoms with Crippen molar-refractivity contribution in [2.75, 3.05) is 0 Å². The number of nitrogens with zero attached hydrogens (tertiary/aromatic N) is 2. The number of hydrogen-bond donors (Lipinski definition) is 2. The molecule has 0 saturated heterocycles. The monoisotopic (exact) mass is 334 g/mol. The SMILES string of the molecule is Cc1cc(C)c(S(=O)(=O)O)cc1N=Nc1c(C)cc(O)cc1C. The van der Waals surface area contributed by atoms with E-state index in [4.69, 9.17) is 0 Å². The highest BCUT2D eigenvalue weighted by atomic mass is 32.2. The molecule has 0 amide bonds. The Morgan fingerprint density at radius 1 is 0.826 bits per heavy atom. The van der Waals surface area contributed by atoms with Crippen molar-refractivity contribution < 1.29 is 18.1 Å². The van der Waals surface area contributed by atoms with Gasteiger partial charge in [0, 0.05) is 0 Å². The number of aryl methyl sites for hydroxylation is 4. The van der Waals surface area contributed by atoms with Crippen molar-refractivity contribution >= 4 is 21.5 Å². The molecule has 2 rings (SSSR count). The topological polar surface area (TPSA) is 99.3 Å². The smallest absolute Gasteiger partial charge is 0.294 e. The summed E-state index contributed by atoms with van der Waals surface area (Å²) in [6.07, 6.45) is 0. The first-order chi connectivity index (χ1) is 10.6. The molecule has 0 aromatic heterocycles. The normalized spacial score (nSPS) is 12.0. The molecule has 0 bridgehead atoms. The van der Waals surface area contributed by atoms with Crippen molar-refractivity contribution in [3.05, 3.63) is 46.5 Å². The van der Waals surface area contributed by atoms with Gasteiger partial charge in [-0.3, -0.25) is 4.55 Å². The van der Waals surface area contributed by atoms with Crippen LogP contribution in [0.25, 0.3) is 0 Å². The largest absolute Gasteiger partial charge is 0.508 e. The Labute approximate surface area is 135 Å². The molecule has 0 aliphatic carbocycles. The lowest BCUT2D eigenvalue weighted by atomic mass is 10.1. The van der Waals surface area contributed by atoms with Crippen LogP contribution in [0.15, 0.2) is 39.4 Å². The van der Waals surface area contributed by atoms with E-state index in [1.807, 2.05) is 0 Å². The zero-order chi connectivity index (χ0) is 17.4. The maximum Gasteiger partial charge on any atom is 0.294 e. The van der Waals surface area contributed by atoms with Gasteiger partial charge in [-0.15, -0.1) is 5.11 Å². The Morgan fingerprint density at radius 3 is 1.91 bits per heavy atom. The Morgan fingerprint density at radius 2 is 1.39 bits per heavy atom. The first-order valence-electron chi connectivity index (χ1n) is 6.90. The lowest BCUT2D eigenvalue weighted by Crippen LogP contribution is -2.01. The van der Waals surface area contributed by atoms with Crippen LogP contribution in [-0.4, -0.2) is 18.1 Å². The van der Waals surface area contributed by atoms with Gasteiger partial charge in [0.2, 0.25) is 0 Å². The van der Waals surface area contributed by atoms with E-state index in [1.165, 1.54) is 6.07 Å². The molecule has 0 aliphatic heterocycles. The van der Waals surface area contributed by atoms with E-state index in [1.54, 1.807) is 45.9 Å². The quantitative estimate of drug-likeness (QED) is 0.646. The lowest BCUT2D eigenvalue weighted by Gasteiger charge is -2.08. The highest BCUT2D eigenvalue weighted by molar-refractivity contribution is 7.85. The molecule has 0 radical (unpaired) electrons. The molecule has 2 aromatic carbocycles. The van der Waals surface area contributed by atoms with E-state index in [0.717, 1.165) is 16.7 Å². The minimum atomic E-state index is -4.31. The summed E-state index contributed by atoms with van der Waals surface area (Å²) in [5, 5.41) is 17.8. The summed E-state index contributed by atoms with van der Waals surface area (Å²) in [7, 11) is -4.31. The lowest BCUT2D eigenvalue weighted by molar-refractivity contribution is 0.474. The highest BCUT2D eigenvalue weighted by Crippen LogP contribution is 2.32. The minimum absolute atomic E-state index is 0.152. The molecule has 0 aliphatic rings. The zero-order valence-electron chi connectivity index (χ0n) is 13.3. The fourth-order valence-corrected chi connectivity index (χ4v) is 3.13. The minimum Gasteiger partial charge on any atom is -0.508 e. The Bertz CT molecular complexity index is 880. The first-order valence-corrected chi connectivity index (χ1v) is 8.34. The van der Waals surface area contributed by atoms with E-state index >= 15 is 0 Å². The number of hydrogen-bond acceptors (Lipinski definition) is 5. The second-order valence-electron chi connectivity index (χ2n) is 5.51. The number of azo groups is 1. The molecule has 6 nitrogen and oxygen atoms in total. The number of phenols is 1. The molecular formula is C16H18N2O4S. The predicted molar refractivity (Wildman–Crippen MR) is 87.5 cm³/mol.